The van der Waals surface area contributed by atoms with E-state index < -0.39 is 16.0 Å². The van der Waals surface area contributed by atoms with Crippen LogP contribution >= 0.6 is 11.6 Å². The van der Waals surface area contributed by atoms with E-state index >= 15 is 0 Å². The van der Waals surface area contributed by atoms with Gasteiger partial charge in [-0.2, -0.15) is 0 Å². The normalized spacial score (nSPS) is 11.2. The van der Waals surface area contributed by atoms with Gasteiger partial charge in [-0.1, -0.05) is 11.6 Å². The van der Waals surface area contributed by atoms with Gasteiger partial charge in [0.05, 0.1) is 11.4 Å². The molecule has 0 spiro atoms. The first-order chi connectivity index (χ1) is 9.31. The lowest BCUT2D eigenvalue weighted by Gasteiger charge is -2.06. The second kappa shape index (κ2) is 7.37. The molecular formula is C12H14ClNO5S. The van der Waals surface area contributed by atoms with Crippen LogP contribution in [-0.2, 0) is 19.6 Å². The molecule has 1 aromatic carbocycles. The molecule has 0 atom stereocenters. The number of Topliss-reactive ketones (excluding diaryl/α,β-unsaturated/α-hetero) is 1. The van der Waals surface area contributed by atoms with Crippen LogP contribution in [0, 0.1) is 0 Å². The maximum Gasteiger partial charge on any atom is 0.303 e. The van der Waals surface area contributed by atoms with Gasteiger partial charge in [-0.3, -0.25) is 9.59 Å². The highest BCUT2D eigenvalue weighted by Crippen LogP contribution is 2.13. The van der Waals surface area contributed by atoms with Crippen molar-refractivity contribution in [2.75, 3.05) is 6.54 Å². The summed E-state index contributed by atoms with van der Waals surface area (Å²) in [6.45, 7) is -0.357. The lowest BCUT2D eigenvalue weighted by molar-refractivity contribution is -0.137. The minimum Gasteiger partial charge on any atom is -0.481 e. The van der Waals surface area contributed by atoms with Gasteiger partial charge in [-0.05, 0) is 30.7 Å². The Labute approximate surface area is 121 Å². The third kappa shape index (κ3) is 5.68. The third-order valence-corrected chi connectivity index (χ3v) is 4.10. The smallest absolute Gasteiger partial charge is 0.303 e. The molecule has 0 aliphatic heterocycles. The number of carbonyl (C=O) groups is 2. The largest absolute Gasteiger partial charge is 0.481 e. The summed E-state index contributed by atoms with van der Waals surface area (Å²) in [6.07, 6.45) is 0.0992. The lowest BCUT2D eigenvalue weighted by Crippen LogP contribution is -2.29. The minimum atomic E-state index is -3.76. The fraction of sp³-hybridized carbons (Fsp3) is 0.333. The summed E-state index contributed by atoms with van der Waals surface area (Å²) in [4.78, 5) is 21.7. The number of nitrogens with one attached hydrogen (secondary N) is 1. The van der Waals surface area contributed by atoms with E-state index in [2.05, 4.69) is 4.72 Å². The van der Waals surface area contributed by atoms with Crippen LogP contribution in [0.2, 0.25) is 5.02 Å². The average molecular weight is 320 g/mol. The lowest BCUT2D eigenvalue weighted by atomic mass is 10.2. The van der Waals surface area contributed by atoms with Crippen LogP contribution in [0.25, 0.3) is 0 Å². The van der Waals surface area contributed by atoms with Gasteiger partial charge in [0.25, 0.3) is 0 Å². The van der Waals surface area contributed by atoms with E-state index in [9.17, 15) is 18.0 Å². The topological polar surface area (TPSA) is 101 Å². The summed E-state index contributed by atoms with van der Waals surface area (Å²) < 4.78 is 25.8. The SMILES string of the molecule is O=C(O)CCCC(=O)CNS(=O)(=O)c1ccc(Cl)cc1. The zero-order chi connectivity index (χ0) is 15.2. The molecular weight excluding hydrogens is 306 g/mol. The summed E-state index contributed by atoms with van der Waals surface area (Å²) in [5.41, 5.74) is 0. The van der Waals surface area contributed by atoms with E-state index in [-0.39, 0.29) is 36.5 Å². The van der Waals surface area contributed by atoms with Crippen molar-refractivity contribution >= 4 is 33.4 Å². The maximum absolute atomic E-state index is 11.8. The summed E-state index contributed by atoms with van der Waals surface area (Å²) in [5, 5.41) is 8.83. The molecule has 0 radical (unpaired) electrons. The highest BCUT2D eigenvalue weighted by Gasteiger charge is 2.15. The fourth-order valence-corrected chi connectivity index (χ4v) is 2.54. The first kappa shape index (κ1) is 16.6. The minimum absolute atomic E-state index is 0.0141. The molecule has 1 aromatic rings. The Hall–Kier alpha value is -1.44. The number of hydrogen-bond donors (Lipinski definition) is 2. The van der Waals surface area contributed by atoms with Crippen molar-refractivity contribution in [3.8, 4) is 0 Å². The second-order valence-electron chi connectivity index (χ2n) is 4.06. The highest BCUT2D eigenvalue weighted by atomic mass is 35.5. The Morgan fingerprint density at radius 2 is 1.75 bits per heavy atom. The van der Waals surface area contributed by atoms with Gasteiger partial charge >= 0.3 is 5.97 Å². The molecule has 0 fully saturated rings. The van der Waals surface area contributed by atoms with Gasteiger partial charge < -0.3 is 5.11 Å². The molecule has 6 nitrogen and oxygen atoms in total. The standard InChI is InChI=1S/C12H14ClNO5S/c13-9-4-6-11(7-5-9)20(18,19)14-8-10(15)2-1-3-12(16)17/h4-7,14H,1-3,8H2,(H,16,17). The number of benzene rings is 1. The Kier molecular flexibility index (Phi) is 6.12. The summed E-state index contributed by atoms with van der Waals surface area (Å²) in [5.74, 6) is -1.34. The van der Waals surface area contributed by atoms with E-state index in [1.54, 1.807) is 0 Å². The van der Waals surface area contributed by atoms with Crippen molar-refractivity contribution < 1.29 is 23.1 Å². The molecule has 110 valence electrons. The molecule has 0 saturated heterocycles. The number of sulfonamides is 1. The summed E-state index contributed by atoms with van der Waals surface area (Å²) >= 11 is 5.65. The van der Waals surface area contributed by atoms with Crippen molar-refractivity contribution in [2.45, 2.75) is 24.2 Å². The zero-order valence-corrected chi connectivity index (χ0v) is 12.1. The van der Waals surface area contributed by atoms with Crippen LogP contribution in [0.1, 0.15) is 19.3 Å². The van der Waals surface area contributed by atoms with Crippen LogP contribution in [0.3, 0.4) is 0 Å². The Morgan fingerprint density at radius 1 is 1.15 bits per heavy atom. The Morgan fingerprint density at radius 3 is 2.30 bits per heavy atom. The molecule has 0 aromatic heterocycles. The first-order valence-electron chi connectivity index (χ1n) is 5.80. The molecule has 0 amide bonds. The van der Waals surface area contributed by atoms with E-state index in [1.807, 2.05) is 0 Å². The molecule has 1 rings (SSSR count). The second-order valence-corrected chi connectivity index (χ2v) is 6.27. The average Bonchev–Trinajstić information content (AvgIpc) is 2.36. The van der Waals surface area contributed by atoms with Gasteiger partial charge in [0.1, 0.15) is 5.78 Å². The van der Waals surface area contributed by atoms with Crippen molar-refractivity contribution in [3.63, 3.8) is 0 Å². The molecule has 0 heterocycles. The van der Waals surface area contributed by atoms with Crippen LogP contribution in [-0.4, -0.2) is 31.8 Å². The van der Waals surface area contributed by atoms with Crippen molar-refractivity contribution in [3.05, 3.63) is 29.3 Å². The first-order valence-corrected chi connectivity index (χ1v) is 7.66. The number of carbonyl (C=O) groups excluding carboxylic acids is 1. The molecule has 0 saturated carbocycles. The predicted molar refractivity (Wildman–Crippen MR) is 73.1 cm³/mol. The predicted octanol–water partition coefficient (Wildman–Crippen LogP) is 1.44. The summed E-state index contributed by atoms with van der Waals surface area (Å²) in [7, 11) is -3.76. The van der Waals surface area contributed by atoms with E-state index in [0.29, 0.717) is 5.02 Å². The van der Waals surface area contributed by atoms with Crippen LogP contribution < -0.4 is 4.72 Å². The number of carboxylic acid groups (broad SMARTS) is 1. The van der Waals surface area contributed by atoms with Gasteiger partial charge in [-0.15, -0.1) is 0 Å². The van der Waals surface area contributed by atoms with E-state index in [4.69, 9.17) is 16.7 Å². The molecule has 0 unspecified atom stereocenters. The van der Waals surface area contributed by atoms with E-state index in [1.165, 1.54) is 24.3 Å². The zero-order valence-electron chi connectivity index (χ0n) is 10.5. The number of carboxylic acids is 1. The molecule has 8 heteroatoms. The quantitative estimate of drug-likeness (QED) is 0.755. The van der Waals surface area contributed by atoms with Crippen LogP contribution in [0.5, 0.6) is 0 Å². The molecule has 0 bridgehead atoms. The van der Waals surface area contributed by atoms with Crippen molar-refractivity contribution in [1.29, 1.82) is 0 Å². The monoisotopic (exact) mass is 319 g/mol. The van der Waals surface area contributed by atoms with Gasteiger partial charge in [0.2, 0.25) is 10.0 Å². The van der Waals surface area contributed by atoms with Gasteiger partial charge in [0, 0.05) is 17.9 Å². The maximum atomic E-state index is 11.8. The van der Waals surface area contributed by atoms with Crippen LogP contribution in [0.15, 0.2) is 29.2 Å². The molecule has 20 heavy (non-hydrogen) atoms. The number of halogens is 1. The number of ketones is 1. The Balaban J connectivity index is 2.49. The van der Waals surface area contributed by atoms with E-state index in [0.717, 1.165) is 0 Å². The van der Waals surface area contributed by atoms with Crippen LogP contribution in [0.4, 0.5) is 0 Å². The summed E-state index contributed by atoms with van der Waals surface area (Å²) in [6, 6.07) is 5.54. The van der Waals surface area contributed by atoms with Gasteiger partial charge in [-0.25, -0.2) is 13.1 Å². The number of hydrogen-bond acceptors (Lipinski definition) is 4. The highest BCUT2D eigenvalue weighted by molar-refractivity contribution is 7.89. The van der Waals surface area contributed by atoms with Crippen molar-refractivity contribution in [1.82, 2.24) is 4.72 Å². The molecule has 2 N–H and O–H groups in total. The molecule has 0 aliphatic rings. The number of rotatable bonds is 8. The van der Waals surface area contributed by atoms with Crippen molar-refractivity contribution in [2.24, 2.45) is 0 Å². The third-order valence-electron chi connectivity index (χ3n) is 2.43. The number of aliphatic carboxylic acids is 1. The fourth-order valence-electron chi connectivity index (χ4n) is 1.40. The Bertz CT molecular complexity index is 582. The van der Waals surface area contributed by atoms with Gasteiger partial charge in [0.15, 0.2) is 0 Å². The molecule has 0 aliphatic carbocycles.